The Morgan fingerprint density at radius 2 is 1.79 bits per heavy atom. The van der Waals surface area contributed by atoms with Crippen molar-refractivity contribution in [3.8, 4) is 5.75 Å². The molecule has 9 heteroatoms. The molecule has 0 bridgehead atoms. The molecule has 1 heterocycles. The van der Waals surface area contributed by atoms with E-state index in [1.807, 2.05) is 0 Å². The fourth-order valence-electron chi connectivity index (χ4n) is 2.89. The number of carboxylic acid groups (broad SMARTS) is 1. The molecule has 3 rings (SSSR count). The first-order valence-corrected chi connectivity index (χ1v) is 8.39. The summed E-state index contributed by atoms with van der Waals surface area (Å²) in [4.78, 5) is 25.2. The monoisotopic (exact) mass is 417 g/mol. The van der Waals surface area contributed by atoms with Gasteiger partial charge in [0.05, 0.1) is 19.2 Å². The first-order chi connectivity index (χ1) is 13.4. The van der Waals surface area contributed by atoms with Gasteiger partial charge in [0.15, 0.2) is 6.61 Å². The van der Waals surface area contributed by atoms with Crippen molar-refractivity contribution in [2.45, 2.75) is 0 Å². The highest BCUT2D eigenvalue weighted by molar-refractivity contribution is 6.29. The van der Waals surface area contributed by atoms with Gasteiger partial charge in [0.1, 0.15) is 17.3 Å². The van der Waals surface area contributed by atoms with Crippen LogP contribution in [0.15, 0.2) is 54.3 Å². The number of anilines is 1. The van der Waals surface area contributed by atoms with Crippen LogP contribution in [-0.2, 0) is 14.3 Å². The quantitative estimate of drug-likeness (QED) is 0.468. The van der Waals surface area contributed by atoms with Gasteiger partial charge in [-0.25, -0.2) is 4.79 Å². The van der Waals surface area contributed by atoms with E-state index >= 15 is 0 Å². The molecule has 0 radical (unpaired) electrons. The number of amidine groups is 1. The summed E-state index contributed by atoms with van der Waals surface area (Å²) in [5.41, 5.74) is 7.79. The van der Waals surface area contributed by atoms with E-state index in [1.165, 1.54) is 7.11 Å². The number of ether oxygens (including phenoxy) is 2. The largest absolute Gasteiger partial charge is 0.498 e. The molecule has 0 fully saturated rings. The topological polar surface area (TPSA) is 126 Å². The van der Waals surface area contributed by atoms with Crippen molar-refractivity contribution in [1.29, 1.82) is 5.41 Å². The average Bonchev–Trinajstić information content (AvgIpc) is 3.03. The molecular weight excluding hydrogens is 398 g/mol. The van der Waals surface area contributed by atoms with Gasteiger partial charge in [0.25, 0.3) is 5.91 Å². The van der Waals surface area contributed by atoms with Gasteiger partial charge in [0, 0.05) is 11.3 Å². The Bertz CT molecular complexity index is 955. The maximum absolute atomic E-state index is 13.0. The number of hydrogen-bond acceptors (Lipinski definition) is 5. The maximum atomic E-state index is 13.0. The summed E-state index contributed by atoms with van der Waals surface area (Å²) >= 11 is 0. The van der Waals surface area contributed by atoms with Gasteiger partial charge < -0.3 is 25.2 Å². The molecule has 4 N–H and O–H groups in total. The predicted octanol–water partition coefficient (Wildman–Crippen LogP) is 2.26. The summed E-state index contributed by atoms with van der Waals surface area (Å²) in [5.74, 6) is -0.397. The molecule has 0 spiro atoms. The average molecular weight is 418 g/mol. The lowest BCUT2D eigenvalue weighted by Gasteiger charge is -2.17. The van der Waals surface area contributed by atoms with Crippen LogP contribution < -0.4 is 15.4 Å². The number of amides is 1. The zero-order chi connectivity index (χ0) is 20.3. The normalized spacial score (nSPS) is 13.1. The smallest absolute Gasteiger partial charge is 0.341 e. The van der Waals surface area contributed by atoms with Gasteiger partial charge in [-0.2, -0.15) is 0 Å². The molecule has 0 saturated carbocycles. The Morgan fingerprint density at radius 3 is 2.31 bits per heavy atom. The minimum absolute atomic E-state index is 0. The Kier molecular flexibility index (Phi) is 6.84. The first kappa shape index (κ1) is 21.8. The lowest BCUT2D eigenvalue weighted by Crippen LogP contribution is -2.26. The second-order valence-corrected chi connectivity index (χ2v) is 6.06. The molecule has 29 heavy (non-hydrogen) atoms. The number of carbonyl (C=O) groups is 2. The minimum atomic E-state index is -1.06. The number of methoxy groups -OCH3 is 1. The SMILES string of the molecule is COC1=C(c2ccc(OCC(=O)O)cc2)C(=O)N(c2ccc(C(=N)N)cc2)C1.Cl. The maximum Gasteiger partial charge on any atom is 0.341 e. The number of halogens is 1. The van der Waals surface area contributed by atoms with Crippen LogP contribution in [0.5, 0.6) is 5.75 Å². The Morgan fingerprint density at radius 1 is 1.17 bits per heavy atom. The van der Waals surface area contributed by atoms with Crippen LogP contribution >= 0.6 is 12.4 Å². The molecule has 2 aromatic carbocycles. The van der Waals surface area contributed by atoms with Crippen molar-refractivity contribution >= 4 is 41.4 Å². The van der Waals surface area contributed by atoms with Crippen molar-refractivity contribution < 1.29 is 24.2 Å². The highest BCUT2D eigenvalue weighted by Crippen LogP contribution is 2.33. The lowest BCUT2D eigenvalue weighted by molar-refractivity contribution is -0.139. The van der Waals surface area contributed by atoms with Crippen molar-refractivity contribution in [3.63, 3.8) is 0 Å². The van der Waals surface area contributed by atoms with Gasteiger partial charge in [-0.05, 0) is 42.0 Å². The number of nitrogen functional groups attached to an aromatic ring is 1. The van der Waals surface area contributed by atoms with Gasteiger partial charge in [-0.15, -0.1) is 12.4 Å². The Labute approximate surface area is 173 Å². The van der Waals surface area contributed by atoms with E-state index in [0.29, 0.717) is 33.9 Å². The fraction of sp³-hybridized carbons (Fsp3) is 0.150. The summed E-state index contributed by atoms with van der Waals surface area (Å²) in [6.45, 7) is -0.157. The molecule has 1 aliphatic rings. The molecule has 0 aromatic heterocycles. The zero-order valence-electron chi connectivity index (χ0n) is 15.5. The number of rotatable bonds is 7. The zero-order valence-corrected chi connectivity index (χ0v) is 16.4. The lowest BCUT2D eigenvalue weighted by atomic mass is 10.1. The number of carbonyl (C=O) groups excluding carboxylic acids is 1. The van der Waals surface area contributed by atoms with Crippen LogP contribution in [0.3, 0.4) is 0 Å². The molecular formula is C20H20ClN3O5. The number of aliphatic carboxylic acids is 1. The minimum Gasteiger partial charge on any atom is -0.498 e. The Balaban J connectivity index is 0.00000300. The van der Waals surface area contributed by atoms with E-state index in [4.69, 9.17) is 25.7 Å². The molecule has 152 valence electrons. The summed E-state index contributed by atoms with van der Waals surface area (Å²) in [6.07, 6.45) is 0. The number of hydrogen-bond donors (Lipinski definition) is 3. The third-order valence-electron chi connectivity index (χ3n) is 4.28. The molecule has 0 atom stereocenters. The summed E-state index contributed by atoms with van der Waals surface area (Å²) in [7, 11) is 1.51. The van der Waals surface area contributed by atoms with Crippen LogP contribution in [0.1, 0.15) is 11.1 Å². The molecule has 0 aliphatic carbocycles. The number of benzene rings is 2. The summed E-state index contributed by atoms with van der Waals surface area (Å²) in [5, 5.41) is 16.1. The van der Waals surface area contributed by atoms with E-state index in [2.05, 4.69) is 0 Å². The first-order valence-electron chi connectivity index (χ1n) is 8.39. The second kappa shape index (κ2) is 9.11. The van der Waals surface area contributed by atoms with E-state index < -0.39 is 12.6 Å². The highest BCUT2D eigenvalue weighted by atomic mass is 35.5. The summed E-state index contributed by atoms with van der Waals surface area (Å²) in [6, 6.07) is 13.4. The van der Waals surface area contributed by atoms with Crippen LogP contribution in [-0.4, -0.2) is 43.1 Å². The number of nitrogens with zero attached hydrogens (tertiary/aromatic N) is 1. The standard InChI is InChI=1S/C20H19N3O5.ClH/c1-27-16-10-23(14-6-2-13(3-7-14)19(21)22)20(26)18(16)12-4-8-15(9-5-12)28-11-17(24)25;/h2-9H,10-11H2,1H3,(H3,21,22)(H,24,25);1H. The Hall–Kier alpha value is -3.52. The third kappa shape index (κ3) is 4.67. The van der Waals surface area contributed by atoms with E-state index in [9.17, 15) is 9.59 Å². The third-order valence-corrected chi connectivity index (χ3v) is 4.28. The molecule has 0 unspecified atom stereocenters. The van der Waals surface area contributed by atoms with Crippen molar-refractivity contribution in [2.75, 3.05) is 25.2 Å². The number of nitrogens with two attached hydrogens (primary N) is 1. The van der Waals surface area contributed by atoms with Gasteiger partial charge in [0.2, 0.25) is 0 Å². The van der Waals surface area contributed by atoms with Crippen LogP contribution in [0, 0.1) is 5.41 Å². The van der Waals surface area contributed by atoms with E-state index in [1.54, 1.807) is 53.4 Å². The highest BCUT2D eigenvalue weighted by Gasteiger charge is 2.33. The van der Waals surface area contributed by atoms with Crippen molar-refractivity contribution in [2.24, 2.45) is 5.73 Å². The molecule has 1 aliphatic heterocycles. The van der Waals surface area contributed by atoms with Crippen LogP contribution in [0.4, 0.5) is 5.69 Å². The fourth-order valence-corrected chi connectivity index (χ4v) is 2.89. The van der Waals surface area contributed by atoms with Crippen molar-refractivity contribution in [1.82, 2.24) is 0 Å². The molecule has 0 saturated heterocycles. The van der Waals surface area contributed by atoms with E-state index in [-0.39, 0.29) is 30.7 Å². The van der Waals surface area contributed by atoms with Crippen LogP contribution in [0.2, 0.25) is 0 Å². The van der Waals surface area contributed by atoms with Crippen molar-refractivity contribution in [3.05, 3.63) is 65.4 Å². The van der Waals surface area contributed by atoms with E-state index in [0.717, 1.165) is 0 Å². The predicted molar refractivity (Wildman–Crippen MR) is 111 cm³/mol. The molecule has 8 nitrogen and oxygen atoms in total. The van der Waals surface area contributed by atoms with Crippen LogP contribution in [0.25, 0.3) is 5.57 Å². The van der Waals surface area contributed by atoms with Gasteiger partial charge in [-0.3, -0.25) is 10.2 Å². The molecule has 2 aromatic rings. The molecule has 1 amide bonds. The number of carboxylic acids is 1. The van der Waals surface area contributed by atoms with Gasteiger partial charge in [-0.1, -0.05) is 12.1 Å². The van der Waals surface area contributed by atoms with Gasteiger partial charge >= 0.3 is 5.97 Å². The summed E-state index contributed by atoms with van der Waals surface area (Å²) < 4.78 is 10.5. The number of nitrogens with one attached hydrogen (secondary N) is 1. The second-order valence-electron chi connectivity index (χ2n) is 6.06.